The lowest BCUT2D eigenvalue weighted by atomic mass is 9.85. The number of rotatable bonds is 2. The molecule has 1 saturated heterocycles. The molecular formula is C18H20F3NO3. The molecular weight excluding hydrogens is 335 g/mol. The average molecular weight is 355 g/mol. The fraction of sp³-hybridized carbons (Fsp3) is 0.500. The van der Waals surface area contributed by atoms with Crippen molar-refractivity contribution in [1.29, 1.82) is 0 Å². The smallest absolute Gasteiger partial charge is 0.448 e. The maximum Gasteiger partial charge on any atom is 0.448 e. The maximum atomic E-state index is 14.3. The molecule has 7 heteroatoms. The second kappa shape index (κ2) is 6.05. The quantitative estimate of drug-likeness (QED) is 0.872. The number of nitrogens with zero attached hydrogens (tertiary/aromatic N) is 1. The van der Waals surface area contributed by atoms with Crippen LogP contribution in [-0.2, 0) is 4.79 Å². The van der Waals surface area contributed by atoms with E-state index >= 15 is 0 Å². The van der Waals surface area contributed by atoms with Crippen LogP contribution >= 0.6 is 0 Å². The van der Waals surface area contributed by atoms with Gasteiger partial charge in [-0.15, -0.1) is 0 Å². The summed E-state index contributed by atoms with van der Waals surface area (Å²) in [5.41, 5.74) is -2.47. The van der Waals surface area contributed by atoms with E-state index in [2.05, 4.69) is 0 Å². The van der Waals surface area contributed by atoms with Crippen molar-refractivity contribution >= 4 is 11.5 Å². The molecule has 1 fully saturated rings. The fourth-order valence-corrected chi connectivity index (χ4v) is 3.91. The van der Waals surface area contributed by atoms with Crippen LogP contribution in [0.3, 0.4) is 0 Å². The Morgan fingerprint density at radius 1 is 1.20 bits per heavy atom. The molecule has 4 nitrogen and oxygen atoms in total. The molecule has 2 aliphatic rings. The third kappa shape index (κ3) is 2.61. The Hall–Kier alpha value is -2.02. The summed E-state index contributed by atoms with van der Waals surface area (Å²) in [6.07, 6.45) is -2.91. The molecule has 1 N–H and O–H groups in total. The van der Waals surface area contributed by atoms with E-state index in [1.54, 1.807) is 19.1 Å². The molecule has 2 heterocycles. The van der Waals surface area contributed by atoms with Crippen LogP contribution in [0.4, 0.5) is 13.2 Å². The third-order valence-electron chi connectivity index (χ3n) is 4.98. The molecule has 0 saturated carbocycles. The van der Waals surface area contributed by atoms with Crippen LogP contribution in [0, 0.1) is 6.92 Å². The number of halogens is 3. The normalized spacial score (nSPS) is 24.7. The Morgan fingerprint density at radius 2 is 1.84 bits per heavy atom. The number of alkyl halides is 3. The van der Waals surface area contributed by atoms with Gasteiger partial charge in [0.1, 0.15) is 11.3 Å². The van der Waals surface area contributed by atoms with Gasteiger partial charge in [-0.25, -0.2) is 4.79 Å². The predicted octanol–water partition coefficient (Wildman–Crippen LogP) is 3.99. The van der Waals surface area contributed by atoms with E-state index in [1.807, 2.05) is 0 Å². The summed E-state index contributed by atoms with van der Waals surface area (Å²) in [7, 11) is 0. The number of aryl methyl sites for hydroxylation is 1. The van der Waals surface area contributed by atoms with E-state index in [1.165, 1.54) is 13.0 Å². The number of aliphatic carboxylic acids is 1. The van der Waals surface area contributed by atoms with E-state index in [0.29, 0.717) is 24.0 Å². The first-order valence-electron chi connectivity index (χ1n) is 8.25. The van der Waals surface area contributed by atoms with Gasteiger partial charge in [-0.2, -0.15) is 13.2 Å². The van der Waals surface area contributed by atoms with E-state index in [0.717, 1.165) is 11.3 Å². The van der Waals surface area contributed by atoms with Gasteiger partial charge in [-0.3, -0.25) is 4.90 Å². The van der Waals surface area contributed by atoms with E-state index in [-0.39, 0.29) is 24.4 Å². The maximum absolute atomic E-state index is 14.3. The van der Waals surface area contributed by atoms with Crippen molar-refractivity contribution in [2.45, 2.75) is 45.0 Å². The summed E-state index contributed by atoms with van der Waals surface area (Å²) in [6.45, 7) is 3.45. The highest BCUT2D eigenvalue weighted by Crippen LogP contribution is 2.51. The highest BCUT2D eigenvalue weighted by atomic mass is 19.4. The van der Waals surface area contributed by atoms with Gasteiger partial charge in [0.15, 0.2) is 0 Å². The summed E-state index contributed by atoms with van der Waals surface area (Å²) in [5, 5.41) is 9.69. The van der Waals surface area contributed by atoms with Gasteiger partial charge >= 0.3 is 12.1 Å². The first-order chi connectivity index (χ1) is 11.7. The van der Waals surface area contributed by atoms with Crippen LogP contribution in [0.2, 0.25) is 0 Å². The zero-order valence-electron chi connectivity index (χ0n) is 14.1. The molecule has 0 radical (unpaired) electrons. The minimum absolute atomic E-state index is 0.0744. The number of carboxylic acids is 1. The first kappa shape index (κ1) is 17.8. The van der Waals surface area contributed by atoms with Gasteiger partial charge in [-0.05, 0) is 43.9 Å². The first-order valence-corrected chi connectivity index (χ1v) is 8.25. The van der Waals surface area contributed by atoms with Gasteiger partial charge in [0.05, 0.1) is 0 Å². The average Bonchev–Trinajstić information content (AvgIpc) is 2.53. The van der Waals surface area contributed by atoms with Crippen molar-refractivity contribution in [2.75, 3.05) is 13.1 Å². The lowest BCUT2D eigenvalue weighted by molar-refractivity contribution is -0.289. The number of hydrogen-bond acceptors (Lipinski definition) is 3. The second-order valence-corrected chi connectivity index (χ2v) is 6.54. The molecule has 0 bridgehead atoms. The molecule has 0 spiro atoms. The molecule has 136 valence electrons. The summed E-state index contributed by atoms with van der Waals surface area (Å²) in [6, 6.07) is 4.81. The molecule has 1 atom stereocenters. The molecule has 1 aromatic carbocycles. The molecule has 25 heavy (non-hydrogen) atoms. The highest BCUT2D eigenvalue weighted by Gasteiger charge is 2.67. The van der Waals surface area contributed by atoms with E-state index in [9.17, 15) is 23.1 Å². The number of benzene rings is 1. The molecule has 0 amide bonds. The van der Waals surface area contributed by atoms with E-state index in [4.69, 9.17) is 4.74 Å². The van der Waals surface area contributed by atoms with Crippen LogP contribution in [0.5, 0.6) is 5.75 Å². The summed E-state index contributed by atoms with van der Waals surface area (Å²) in [4.78, 5) is 13.1. The van der Waals surface area contributed by atoms with Crippen molar-refractivity contribution < 1.29 is 27.8 Å². The van der Waals surface area contributed by atoms with Crippen LogP contribution in [0.1, 0.15) is 37.3 Å². The molecule has 3 rings (SSSR count). The van der Waals surface area contributed by atoms with Crippen molar-refractivity contribution in [1.82, 2.24) is 4.90 Å². The summed E-state index contributed by atoms with van der Waals surface area (Å²) in [5.74, 6) is -1.53. The Bertz CT molecular complexity index is 736. The number of fused-ring (bicyclic) bond motifs is 1. The SMILES string of the molecule is CC1=C(C(=O)O)C(N2CCCCC2)(C(F)(F)F)Oc2cccc(C)c21. The number of allylic oxidation sites excluding steroid dienone is 1. The summed E-state index contributed by atoms with van der Waals surface area (Å²) < 4.78 is 48.4. The van der Waals surface area contributed by atoms with Gasteiger partial charge in [-0.1, -0.05) is 18.6 Å². The second-order valence-electron chi connectivity index (χ2n) is 6.54. The van der Waals surface area contributed by atoms with Crippen molar-refractivity contribution in [3.8, 4) is 5.75 Å². The Labute approximate surface area is 143 Å². The largest absolute Gasteiger partial charge is 0.478 e. The predicted molar refractivity (Wildman–Crippen MR) is 86.2 cm³/mol. The van der Waals surface area contributed by atoms with Crippen LogP contribution in [-0.4, -0.2) is 41.0 Å². The standard InChI is InChI=1S/C18H20F3NO3/c1-11-7-6-8-13-14(11)12(2)15(16(23)24)17(25-13,18(19,20)21)22-9-4-3-5-10-22/h6-8H,3-5,9-10H2,1-2H3,(H,23,24). The van der Waals surface area contributed by atoms with Crippen LogP contribution in [0.15, 0.2) is 23.8 Å². The van der Waals surface area contributed by atoms with Crippen molar-refractivity contribution in [2.24, 2.45) is 0 Å². The monoisotopic (exact) mass is 355 g/mol. The van der Waals surface area contributed by atoms with Crippen molar-refractivity contribution in [3.63, 3.8) is 0 Å². The highest BCUT2D eigenvalue weighted by molar-refractivity contribution is 6.00. The minimum atomic E-state index is -4.89. The fourth-order valence-electron chi connectivity index (χ4n) is 3.91. The minimum Gasteiger partial charge on any atom is -0.478 e. The molecule has 2 aliphatic heterocycles. The molecule has 0 aliphatic carbocycles. The van der Waals surface area contributed by atoms with E-state index < -0.39 is 23.4 Å². The number of carboxylic acid groups (broad SMARTS) is 1. The van der Waals surface area contributed by atoms with Crippen molar-refractivity contribution in [3.05, 3.63) is 34.9 Å². The molecule has 0 aromatic heterocycles. The number of carbonyl (C=O) groups is 1. The number of hydrogen-bond donors (Lipinski definition) is 1. The summed E-state index contributed by atoms with van der Waals surface area (Å²) >= 11 is 0. The lowest BCUT2D eigenvalue weighted by Crippen LogP contribution is -2.67. The Balaban J connectivity index is 2.31. The number of likely N-dealkylation sites (tertiary alicyclic amines) is 1. The third-order valence-corrected chi connectivity index (χ3v) is 4.98. The molecule has 1 unspecified atom stereocenters. The van der Waals surface area contributed by atoms with Gasteiger partial charge in [0, 0.05) is 18.7 Å². The number of piperidine rings is 1. The number of ether oxygens (including phenoxy) is 1. The Morgan fingerprint density at radius 3 is 2.40 bits per heavy atom. The topological polar surface area (TPSA) is 49.8 Å². The van der Waals surface area contributed by atoms with Gasteiger partial charge < -0.3 is 9.84 Å². The van der Waals surface area contributed by atoms with Crippen LogP contribution in [0.25, 0.3) is 5.57 Å². The lowest BCUT2D eigenvalue weighted by Gasteiger charge is -2.48. The van der Waals surface area contributed by atoms with Crippen LogP contribution < -0.4 is 4.74 Å². The zero-order valence-corrected chi connectivity index (χ0v) is 14.1. The zero-order chi connectivity index (χ0) is 18.4. The van der Waals surface area contributed by atoms with Gasteiger partial charge in [0.25, 0.3) is 5.72 Å². The Kier molecular flexibility index (Phi) is 4.31. The van der Waals surface area contributed by atoms with Gasteiger partial charge in [0.2, 0.25) is 0 Å². The molecule has 1 aromatic rings.